The number of imidazole rings is 1. The molecule has 1 atom stereocenters. The molecule has 0 amide bonds. The van der Waals surface area contributed by atoms with Crippen LogP contribution in [0.4, 0.5) is 0 Å². The van der Waals surface area contributed by atoms with E-state index in [1.807, 2.05) is 18.4 Å². The number of rotatable bonds is 4. The summed E-state index contributed by atoms with van der Waals surface area (Å²) in [6.45, 7) is 4.19. The third-order valence-electron chi connectivity index (χ3n) is 2.38. The third-order valence-corrected chi connectivity index (χ3v) is 2.38. The van der Waals surface area contributed by atoms with Crippen molar-refractivity contribution in [2.24, 2.45) is 0 Å². The van der Waals surface area contributed by atoms with E-state index in [0.717, 1.165) is 11.4 Å². The molecule has 0 saturated heterocycles. The summed E-state index contributed by atoms with van der Waals surface area (Å²) in [5.74, 6) is -0.406. The van der Waals surface area contributed by atoms with Gasteiger partial charge in [-0.15, -0.1) is 0 Å². The topological polar surface area (TPSA) is 64.3 Å². The second-order valence-electron chi connectivity index (χ2n) is 3.50. The summed E-state index contributed by atoms with van der Waals surface area (Å²) in [4.78, 5) is 15.0. The summed E-state index contributed by atoms with van der Waals surface area (Å²) in [6, 6.07) is 0. The molecule has 1 heterocycles. The molecule has 1 aromatic rings. The molecule has 0 aliphatic rings. The van der Waals surface area contributed by atoms with E-state index in [4.69, 9.17) is 0 Å². The number of hydrogen-bond acceptors (Lipinski definition) is 4. The van der Waals surface area contributed by atoms with Crippen molar-refractivity contribution in [3.63, 3.8) is 0 Å². The van der Waals surface area contributed by atoms with Gasteiger partial charge in [0.2, 0.25) is 0 Å². The van der Waals surface area contributed by atoms with E-state index in [1.165, 1.54) is 7.11 Å². The number of methoxy groups -OCH3 is 1. The van der Waals surface area contributed by atoms with E-state index in [-0.39, 0.29) is 6.42 Å². The fraction of sp³-hybridized carbons (Fsp3) is 0.600. The number of aliphatic hydroxyl groups is 1. The Morgan fingerprint density at radius 2 is 2.33 bits per heavy atom. The molecular weight excluding hydrogens is 196 g/mol. The first-order valence-corrected chi connectivity index (χ1v) is 4.77. The monoisotopic (exact) mass is 212 g/mol. The fourth-order valence-corrected chi connectivity index (χ4v) is 1.30. The van der Waals surface area contributed by atoms with Crippen LogP contribution in [0.1, 0.15) is 17.8 Å². The van der Waals surface area contributed by atoms with Gasteiger partial charge in [-0.25, -0.2) is 4.98 Å². The molecule has 1 rings (SSSR count). The Hall–Kier alpha value is -1.36. The van der Waals surface area contributed by atoms with Gasteiger partial charge in [0, 0.05) is 5.69 Å². The molecule has 0 aliphatic carbocycles. The van der Waals surface area contributed by atoms with Gasteiger partial charge in [0.05, 0.1) is 38.2 Å². The summed E-state index contributed by atoms with van der Waals surface area (Å²) in [5.41, 5.74) is 1.93. The largest absolute Gasteiger partial charge is 0.469 e. The van der Waals surface area contributed by atoms with Gasteiger partial charge < -0.3 is 14.4 Å². The van der Waals surface area contributed by atoms with E-state index < -0.39 is 12.1 Å². The van der Waals surface area contributed by atoms with Crippen molar-refractivity contribution < 1.29 is 14.6 Å². The smallest absolute Gasteiger partial charge is 0.308 e. The SMILES string of the molecule is COC(=O)C[C@@H](O)Cn1cnc(C)c1C. The maximum absolute atomic E-state index is 10.9. The lowest BCUT2D eigenvalue weighted by Gasteiger charge is -2.11. The maximum Gasteiger partial charge on any atom is 0.308 e. The number of aliphatic hydroxyl groups excluding tert-OH is 1. The molecule has 15 heavy (non-hydrogen) atoms. The Balaban J connectivity index is 2.55. The van der Waals surface area contributed by atoms with Crippen molar-refractivity contribution in [3.05, 3.63) is 17.7 Å². The van der Waals surface area contributed by atoms with Crippen LogP contribution < -0.4 is 0 Å². The highest BCUT2D eigenvalue weighted by Crippen LogP contribution is 2.06. The first-order chi connectivity index (χ1) is 7.04. The standard InChI is InChI=1S/C10H16N2O3/c1-7-8(2)12(6-11-7)5-9(13)4-10(14)15-3/h6,9,13H,4-5H2,1-3H3/t9-/m1/s1. The lowest BCUT2D eigenvalue weighted by Crippen LogP contribution is -2.20. The summed E-state index contributed by atoms with van der Waals surface area (Å²) in [5, 5.41) is 9.59. The van der Waals surface area contributed by atoms with E-state index in [2.05, 4.69) is 9.72 Å². The third kappa shape index (κ3) is 3.06. The molecule has 84 valence electrons. The highest BCUT2D eigenvalue weighted by Gasteiger charge is 2.13. The zero-order chi connectivity index (χ0) is 11.4. The molecule has 5 nitrogen and oxygen atoms in total. The van der Waals surface area contributed by atoms with Gasteiger partial charge in [0.15, 0.2) is 0 Å². The zero-order valence-electron chi connectivity index (χ0n) is 9.23. The van der Waals surface area contributed by atoms with Crippen molar-refractivity contribution in [2.45, 2.75) is 32.9 Å². The fourth-order valence-electron chi connectivity index (χ4n) is 1.30. The first-order valence-electron chi connectivity index (χ1n) is 4.77. The summed E-state index contributed by atoms with van der Waals surface area (Å²) in [6.07, 6.45) is 0.933. The lowest BCUT2D eigenvalue weighted by molar-refractivity contribution is -0.142. The average Bonchev–Trinajstić information content (AvgIpc) is 2.49. The molecule has 1 N–H and O–H groups in total. The molecular formula is C10H16N2O3. The van der Waals surface area contributed by atoms with Crippen LogP contribution in [-0.4, -0.2) is 33.8 Å². The molecule has 0 spiro atoms. The normalized spacial score (nSPS) is 12.5. The minimum absolute atomic E-state index is 0.00711. The van der Waals surface area contributed by atoms with Crippen molar-refractivity contribution in [1.29, 1.82) is 0 Å². The van der Waals surface area contributed by atoms with E-state index >= 15 is 0 Å². The number of aromatic nitrogens is 2. The van der Waals surface area contributed by atoms with Gasteiger partial charge in [-0.2, -0.15) is 0 Å². The molecule has 1 aromatic heterocycles. The van der Waals surface area contributed by atoms with Gasteiger partial charge >= 0.3 is 5.97 Å². The van der Waals surface area contributed by atoms with Crippen molar-refractivity contribution in [2.75, 3.05) is 7.11 Å². The Bertz CT molecular complexity index is 346. The van der Waals surface area contributed by atoms with Crippen LogP contribution in [0.2, 0.25) is 0 Å². The van der Waals surface area contributed by atoms with Crippen molar-refractivity contribution >= 4 is 5.97 Å². The minimum atomic E-state index is -0.732. The Morgan fingerprint density at radius 1 is 1.67 bits per heavy atom. The Morgan fingerprint density at radius 3 is 2.80 bits per heavy atom. The number of nitrogens with zero attached hydrogens (tertiary/aromatic N) is 2. The molecule has 0 aliphatic heterocycles. The van der Waals surface area contributed by atoms with E-state index in [1.54, 1.807) is 6.33 Å². The van der Waals surface area contributed by atoms with Crippen LogP contribution in [0.15, 0.2) is 6.33 Å². The van der Waals surface area contributed by atoms with Crippen LogP contribution in [0.25, 0.3) is 0 Å². The average molecular weight is 212 g/mol. The number of carbonyl (C=O) groups excluding carboxylic acids is 1. The number of esters is 1. The minimum Gasteiger partial charge on any atom is -0.469 e. The van der Waals surface area contributed by atoms with Crippen LogP contribution >= 0.6 is 0 Å². The Kier molecular flexibility index (Phi) is 3.85. The molecule has 0 unspecified atom stereocenters. The number of carbonyl (C=O) groups is 1. The predicted octanol–water partition coefficient (Wildman–Crippen LogP) is 0.424. The Labute approximate surface area is 88.7 Å². The van der Waals surface area contributed by atoms with Crippen LogP contribution in [0.5, 0.6) is 0 Å². The van der Waals surface area contributed by atoms with Crippen LogP contribution in [-0.2, 0) is 16.1 Å². The number of ether oxygens (including phenoxy) is 1. The summed E-state index contributed by atoms with van der Waals surface area (Å²) in [7, 11) is 1.31. The molecule has 0 saturated carbocycles. The summed E-state index contributed by atoms with van der Waals surface area (Å²) >= 11 is 0. The van der Waals surface area contributed by atoms with Gasteiger partial charge in [-0.3, -0.25) is 4.79 Å². The molecule has 0 fully saturated rings. The van der Waals surface area contributed by atoms with E-state index in [9.17, 15) is 9.90 Å². The molecule has 0 bridgehead atoms. The number of aryl methyl sites for hydroxylation is 1. The lowest BCUT2D eigenvalue weighted by atomic mass is 10.2. The second kappa shape index (κ2) is 4.93. The second-order valence-corrected chi connectivity index (χ2v) is 3.50. The van der Waals surface area contributed by atoms with Crippen molar-refractivity contribution in [1.82, 2.24) is 9.55 Å². The number of hydrogen-bond donors (Lipinski definition) is 1. The maximum atomic E-state index is 10.9. The first kappa shape index (κ1) is 11.7. The predicted molar refractivity (Wildman–Crippen MR) is 54.3 cm³/mol. The zero-order valence-corrected chi connectivity index (χ0v) is 9.23. The highest BCUT2D eigenvalue weighted by molar-refractivity contribution is 5.69. The van der Waals surface area contributed by atoms with Crippen LogP contribution in [0.3, 0.4) is 0 Å². The van der Waals surface area contributed by atoms with Crippen LogP contribution in [0, 0.1) is 13.8 Å². The molecule has 0 radical (unpaired) electrons. The molecule has 5 heteroatoms. The van der Waals surface area contributed by atoms with Gasteiger partial charge in [-0.05, 0) is 13.8 Å². The molecule has 0 aromatic carbocycles. The van der Waals surface area contributed by atoms with Gasteiger partial charge in [-0.1, -0.05) is 0 Å². The van der Waals surface area contributed by atoms with E-state index in [0.29, 0.717) is 6.54 Å². The van der Waals surface area contributed by atoms with Gasteiger partial charge in [0.1, 0.15) is 0 Å². The van der Waals surface area contributed by atoms with Crippen molar-refractivity contribution in [3.8, 4) is 0 Å². The summed E-state index contributed by atoms with van der Waals surface area (Å²) < 4.78 is 6.29. The quantitative estimate of drug-likeness (QED) is 0.735. The highest BCUT2D eigenvalue weighted by atomic mass is 16.5. The van der Waals surface area contributed by atoms with Gasteiger partial charge in [0.25, 0.3) is 0 Å².